The summed E-state index contributed by atoms with van der Waals surface area (Å²) in [5.74, 6) is -0.334. The van der Waals surface area contributed by atoms with Crippen LogP contribution in [0.3, 0.4) is 0 Å². The second kappa shape index (κ2) is 5.52. The molecule has 0 radical (unpaired) electrons. The van der Waals surface area contributed by atoms with Crippen molar-refractivity contribution in [3.63, 3.8) is 0 Å². The third-order valence-electron chi connectivity index (χ3n) is 3.36. The van der Waals surface area contributed by atoms with E-state index in [0.29, 0.717) is 16.9 Å². The first-order valence-corrected chi connectivity index (χ1v) is 6.29. The van der Waals surface area contributed by atoms with Crippen molar-refractivity contribution in [1.82, 2.24) is 0 Å². The molecule has 1 atom stereocenters. The Morgan fingerprint density at radius 3 is 2.33 bits per heavy atom. The van der Waals surface area contributed by atoms with Crippen LogP contribution in [0, 0.1) is 22.7 Å². The van der Waals surface area contributed by atoms with Crippen LogP contribution < -0.4 is 5.73 Å². The van der Waals surface area contributed by atoms with Crippen molar-refractivity contribution in [3.05, 3.63) is 58.2 Å². The number of Topliss-reactive ketones (excluding diaryl/α,β-unsaturated/α-hetero) is 1. The first-order valence-electron chi connectivity index (χ1n) is 6.29. The summed E-state index contributed by atoms with van der Waals surface area (Å²) >= 11 is 0. The molecule has 2 rings (SSSR count). The number of carbonyl (C=O) groups is 1. The molecule has 1 aliphatic heterocycles. The molecule has 1 unspecified atom stereocenters. The van der Waals surface area contributed by atoms with E-state index >= 15 is 0 Å². The van der Waals surface area contributed by atoms with Crippen LogP contribution in [0.5, 0.6) is 0 Å². The van der Waals surface area contributed by atoms with Crippen molar-refractivity contribution in [2.75, 3.05) is 0 Å². The van der Waals surface area contributed by atoms with Crippen LogP contribution in [0.2, 0.25) is 0 Å². The maximum atomic E-state index is 11.9. The zero-order valence-electron chi connectivity index (χ0n) is 11.7. The number of allylic oxidation sites excluding steroid dienone is 3. The first kappa shape index (κ1) is 14.4. The Morgan fingerprint density at radius 2 is 1.86 bits per heavy atom. The quantitative estimate of drug-likeness (QED) is 0.894. The molecule has 0 spiro atoms. The monoisotopic (exact) mass is 279 g/mol. The summed E-state index contributed by atoms with van der Waals surface area (Å²) in [5.41, 5.74) is 7.60. The summed E-state index contributed by atoms with van der Waals surface area (Å²) in [6.45, 7) is 3.07. The summed E-state index contributed by atoms with van der Waals surface area (Å²) in [7, 11) is 0. The van der Waals surface area contributed by atoms with Gasteiger partial charge in [-0.15, -0.1) is 0 Å². The summed E-state index contributed by atoms with van der Waals surface area (Å²) in [6.07, 6.45) is 0. The van der Waals surface area contributed by atoms with E-state index in [-0.39, 0.29) is 17.2 Å². The maximum Gasteiger partial charge on any atom is 0.205 e. The zero-order chi connectivity index (χ0) is 15.6. The molecule has 0 saturated carbocycles. The molecule has 0 aromatic heterocycles. The van der Waals surface area contributed by atoms with Crippen molar-refractivity contribution >= 4 is 5.78 Å². The van der Waals surface area contributed by atoms with Crippen LogP contribution in [-0.4, -0.2) is 5.78 Å². The molecule has 2 N–H and O–H groups in total. The third kappa shape index (κ3) is 2.50. The summed E-state index contributed by atoms with van der Waals surface area (Å²) in [6, 6.07) is 10.8. The second-order valence-electron chi connectivity index (χ2n) is 4.68. The van der Waals surface area contributed by atoms with Gasteiger partial charge in [0.2, 0.25) is 5.88 Å². The lowest BCUT2D eigenvalue weighted by molar-refractivity contribution is -0.114. The first-order chi connectivity index (χ1) is 9.99. The highest BCUT2D eigenvalue weighted by Gasteiger charge is 2.33. The largest absolute Gasteiger partial charge is 0.445 e. The summed E-state index contributed by atoms with van der Waals surface area (Å²) < 4.78 is 5.30. The molecule has 21 heavy (non-hydrogen) atoms. The number of hydrogen-bond acceptors (Lipinski definition) is 5. The molecular weight excluding hydrogens is 266 g/mol. The minimum Gasteiger partial charge on any atom is -0.445 e. The number of ketones is 1. The van der Waals surface area contributed by atoms with Crippen molar-refractivity contribution in [2.45, 2.75) is 19.8 Å². The zero-order valence-corrected chi connectivity index (χ0v) is 11.7. The molecular formula is C16H13N3O2. The van der Waals surface area contributed by atoms with Crippen LogP contribution in [0.4, 0.5) is 0 Å². The van der Waals surface area contributed by atoms with E-state index in [4.69, 9.17) is 15.7 Å². The molecule has 0 amide bonds. The van der Waals surface area contributed by atoms with Crippen LogP contribution in [0.15, 0.2) is 47.1 Å². The highest BCUT2D eigenvalue weighted by atomic mass is 16.5. The maximum absolute atomic E-state index is 11.9. The molecule has 104 valence electrons. The highest BCUT2D eigenvalue weighted by Crippen LogP contribution is 2.39. The van der Waals surface area contributed by atoms with Crippen LogP contribution in [0.25, 0.3) is 0 Å². The van der Waals surface area contributed by atoms with E-state index < -0.39 is 5.92 Å². The minimum atomic E-state index is -0.561. The Labute approximate surface area is 122 Å². The number of nitrogens with two attached hydrogens (primary N) is 1. The molecule has 1 aliphatic rings. The van der Waals surface area contributed by atoms with E-state index in [1.165, 1.54) is 6.92 Å². The Balaban J connectivity index is 2.63. The van der Waals surface area contributed by atoms with Gasteiger partial charge in [-0.3, -0.25) is 4.79 Å². The number of carbonyl (C=O) groups excluding carboxylic acids is 1. The van der Waals surface area contributed by atoms with E-state index in [2.05, 4.69) is 0 Å². The lowest BCUT2D eigenvalue weighted by Gasteiger charge is -2.26. The number of hydrogen-bond donors (Lipinski definition) is 1. The van der Waals surface area contributed by atoms with Gasteiger partial charge in [0.1, 0.15) is 17.4 Å². The van der Waals surface area contributed by atoms with Crippen LogP contribution >= 0.6 is 0 Å². The number of benzene rings is 1. The Kier molecular flexibility index (Phi) is 3.77. The van der Waals surface area contributed by atoms with Gasteiger partial charge in [-0.05, 0) is 31.5 Å². The minimum absolute atomic E-state index is 0.00867. The van der Waals surface area contributed by atoms with E-state index in [9.17, 15) is 10.1 Å². The van der Waals surface area contributed by atoms with Crippen molar-refractivity contribution in [3.8, 4) is 12.1 Å². The van der Waals surface area contributed by atoms with Gasteiger partial charge in [-0.25, -0.2) is 0 Å². The van der Waals surface area contributed by atoms with E-state index in [1.807, 2.05) is 12.1 Å². The highest BCUT2D eigenvalue weighted by molar-refractivity contribution is 5.96. The lowest BCUT2D eigenvalue weighted by atomic mass is 9.81. The van der Waals surface area contributed by atoms with Gasteiger partial charge in [0, 0.05) is 5.57 Å². The van der Waals surface area contributed by atoms with Crippen molar-refractivity contribution in [1.29, 1.82) is 10.5 Å². The van der Waals surface area contributed by atoms with Gasteiger partial charge in [-0.1, -0.05) is 12.1 Å². The van der Waals surface area contributed by atoms with Crippen molar-refractivity contribution in [2.24, 2.45) is 5.73 Å². The average molecular weight is 279 g/mol. The number of nitriles is 2. The molecule has 1 aromatic carbocycles. The fraction of sp³-hybridized carbons (Fsp3) is 0.188. The molecule has 0 saturated heterocycles. The predicted molar refractivity (Wildman–Crippen MR) is 75.2 cm³/mol. The molecule has 1 heterocycles. The number of nitrogens with zero attached hydrogens (tertiary/aromatic N) is 2. The fourth-order valence-corrected chi connectivity index (χ4v) is 2.42. The van der Waals surface area contributed by atoms with E-state index in [0.717, 1.165) is 5.56 Å². The van der Waals surface area contributed by atoms with Gasteiger partial charge in [0.25, 0.3) is 0 Å². The van der Waals surface area contributed by atoms with Gasteiger partial charge < -0.3 is 10.5 Å². The smallest absolute Gasteiger partial charge is 0.205 e. The molecule has 0 bridgehead atoms. The molecule has 1 aromatic rings. The van der Waals surface area contributed by atoms with Gasteiger partial charge in [-0.2, -0.15) is 10.5 Å². The Bertz CT molecular complexity index is 743. The second-order valence-corrected chi connectivity index (χ2v) is 4.68. The van der Waals surface area contributed by atoms with E-state index in [1.54, 1.807) is 31.2 Å². The SMILES string of the molecule is CC(=O)C1=C(C)OC(N)=C(C#N)C1c1ccc(C#N)cc1. The Hall–Kier alpha value is -3.05. The average Bonchev–Trinajstić information content (AvgIpc) is 2.46. The summed E-state index contributed by atoms with van der Waals surface area (Å²) in [5, 5.41) is 18.2. The number of rotatable bonds is 2. The van der Waals surface area contributed by atoms with Crippen LogP contribution in [-0.2, 0) is 9.53 Å². The summed E-state index contributed by atoms with van der Waals surface area (Å²) in [4.78, 5) is 11.9. The van der Waals surface area contributed by atoms with Crippen LogP contribution in [0.1, 0.15) is 30.9 Å². The standard InChI is InChI=1S/C16H13N3O2/c1-9(20)14-10(2)21-16(19)13(8-18)15(14)12-5-3-11(7-17)4-6-12/h3-6,15H,19H2,1-2H3. The fourth-order valence-electron chi connectivity index (χ4n) is 2.42. The molecule has 5 heteroatoms. The van der Waals surface area contributed by atoms with Crippen molar-refractivity contribution < 1.29 is 9.53 Å². The van der Waals surface area contributed by atoms with Gasteiger partial charge in [0.05, 0.1) is 17.6 Å². The predicted octanol–water partition coefficient (Wildman–Crippen LogP) is 2.23. The molecule has 5 nitrogen and oxygen atoms in total. The Morgan fingerprint density at radius 1 is 1.24 bits per heavy atom. The third-order valence-corrected chi connectivity index (χ3v) is 3.36. The lowest BCUT2D eigenvalue weighted by Crippen LogP contribution is -2.23. The van der Waals surface area contributed by atoms with Gasteiger partial charge in [0.15, 0.2) is 5.78 Å². The molecule has 0 aliphatic carbocycles. The topological polar surface area (TPSA) is 99.9 Å². The number of ether oxygens (including phenoxy) is 1. The van der Waals surface area contributed by atoms with Gasteiger partial charge >= 0.3 is 0 Å². The molecule has 0 fully saturated rings. The normalized spacial score (nSPS) is 17.8.